The molecule has 7 heteroatoms. The standard InChI is InChI=1S/C21H35N5O.HI/c1-5-23-21(26-13-11-25(12-14-26)16-17(2)3)24-10-9-18-7-6-8-19(15-18)20(27)22-4;/h6-8,15,17H,5,9-14,16H2,1-4H3,(H,22,27)(H,23,24);1H. The fourth-order valence-electron chi connectivity index (χ4n) is 3.39. The Balaban J connectivity index is 0.00000392. The number of guanidine groups is 1. The number of hydrogen-bond donors (Lipinski definition) is 2. The molecular weight excluding hydrogens is 465 g/mol. The van der Waals surface area contributed by atoms with Crippen LogP contribution in [0, 0.1) is 5.92 Å². The van der Waals surface area contributed by atoms with Crippen LogP contribution in [0.5, 0.6) is 0 Å². The molecule has 0 aliphatic carbocycles. The Morgan fingerprint density at radius 1 is 1.21 bits per heavy atom. The number of rotatable bonds is 7. The third-order valence-electron chi connectivity index (χ3n) is 4.71. The van der Waals surface area contributed by atoms with Gasteiger partial charge in [0, 0.05) is 58.4 Å². The van der Waals surface area contributed by atoms with Gasteiger partial charge in [0.1, 0.15) is 0 Å². The van der Waals surface area contributed by atoms with Crippen LogP contribution in [0.3, 0.4) is 0 Å². The zero-order valence-electron chi connectivity index (χ0n) is 17.7. The van der Waals surface area contributed by atoms with E-state index in [0.29, 0.717) is 18.0 Å². The minimum absolute atomic E-state index is 0. The van der Waals surface area contributed by atoms with E-state index in [1.807, 2.05) is 18.2 Å². The molecule has 1 aromatic rings. The van der Waals surface area contributed by atoms with Crippen LogP contribution >= 0.6 is 24.0 Å². The lowest BCUT2D eigenvalue weighted by Gasteiger charge is -2.37. The number of carbonyl (C=O) groups is 1. The van der Waals surface area contributed by atoms with E-state index in [1.165, 1.54) is 6.54 Å². The molecule has 0 radical (unpaired) electrons. The summed E-state index contributed by atoms with van der Waals surface area (Å²) in [6, 6.07) is 7.78. The van der Waals surface area contributed by atoms with Gasteiger partial charge in [-0.1, -0.05) is 26.0 Å². The number of benzene rings is 1. The third-order valence-corrected chi connectivity index (χ3v) is 4.71. The zero-order chi connectivity index (χ0) is 19.6. The highest BCUT2D eigenvalue weighted by Gasteiger charge is 2.19. The summed E-state index contributed by atoms with van der Waals surface area (Å²) < 4.78 is 0. The molecular formula is C21H36IN5O. The smallest absolute Gasteiger partial charge is 0.251 e. The molecule has 2 N–H and O–H groups in total. The van der Waals surface area contributed by atoms with E-state index in [0.717, 1.165) is 50.7 Å². The third kappa shape index (κ3) is 7.95. The van der Waals surface area contributed by atoms with Crippen molar-refractivity contribution in [3.63, 3.8) is 0 Å². The molecule has 2 rings (SSSR count). The van der Waals surface area contributed by atoms with E-state index in [2.05, 4.69) is 47.3 Å². The van der Waals surface area contributed by atoms with Gasteiger partial charge in [-0.15, -0.1) is 24.0 Å². The topological polar surface area (TPSA) is 60.0 Å². The van der Waals surface area contributed by atoms with Crippen molar-refractivity contribution in [2.45, 2.75) is 27.2 Å². The normalized spacial score (nSPS) is 15.3. The monoisotopic (exact) mass is 501 g/mol. The number of nitrogens with one attached hydrogen (secondary N) is 2. The number of carbonyl (C=O) groups excluding carboxylic acids is 1. The van der Waals surface area contributed by atoms with Gasteiger partial charge in [-0.05, 0) is 37.0 Å². The summed E-state index contributed by atoms with van der Waals surface area (Å²) in [4.78, 5) is 21.5. The maximum absolute atomic E-state index is 11.8. The Kier molecular flexibility index (Phi) is 11.4. The predicted molar refractivity (Wildman–Crippen MR) is 128 cm³/mol. The first-order chi connectivity index (χ1) is 13.0. The van der Waals surface area contributed by atoms with Crippen molar-refractivity contribution >= 4 is 35.8 Å². The first kappa shape index (κ1) is 24.7. The first-order valence-electron chi connectivity index (χ1n) is 10.1. The van der Waals surface area contributed by atoms with Gasteiger partial charge in [-0.25, -0.2) is 0 Å². The van der Waals surface area contributed by atoms with Gasteiger partial charge in [0.2, 0.25) is 0 Å². The van der Waals surface area contributed by atoms with Crippen LogP contribution in [0.15, 0.2) is 29.3 Å². The molecule has 158 valence electrons. The summed E-state index contributed by atoms with van der Waals surface area (Å²) in [6.45, 7) is 13.6. The molecule has 0 bridgehead atoms. The van der Waals surface area contributed by atoms with Crippen molar-refractivity contribution in [1.82, 2.24) is 20.4 Å². The Morgan fingerprint density at radius 2 is 1.93 bits per heavy atom. The van der Waals surface area contributed by atoms with Crippen molar-refractivity contribution in [2.24, 2.45) is 10.9 Å². The summed E-state index contributed by atoms with van der Waals surface area (Å²) in [6.07, 6.45) is 0.826. The van der Waals surface area contributed by atoms with Crippen molar-refractivity contribution < 1.29 is 4.79 Å². The molecule has 6 nitrogen and oxygen atoms in total. The first-order valence-corrected chi connectivity index (χ1v) is 10.1. The SMILES string of the molecule is CCNC(=NCCc1cccc(C(=O)NC)c1)N1CCN(CC(C)C)CC1.I. The van der Waals surface area contributed by atoms with Crippen LogP contribution in [0.2, 0.25) is 0 Å². The highest BCUT2D eigenvalue weighted by molar-refractivity contribution is 14.0. The van der Waals surface area contributed by atoms with Crippen molar-refractivity contribution in [1.29, 1.82) is 0 Å². The minimum Gasteiger partial charge on any atom is -0.357 e. The van der Waals surface area contributed by atoms with Gasteiger partial charge in [-0.3, -0.25) is 14.7 Å². The van der Waals surface area contributed by atoms with E-state index in [9.17, 15) is 4.79 Å². The molecule has 0 atom stereocenters. The van der Waals surface area contributed by atoms with Gasteiger partial charge < -0.3 is 15.5 Å². The second-order valence-electron chi connectivity index (χ2n) is 7.45. The van der Waals surface area contributed by atoms with Crippen LogP contribution in [0.1, 0.15) is 36.7 Å². The van der Waals surface area contributed by atoms with Crippen LogP contribution in [-0.2, 0) is 6.42 Å². The molecule has 0 spiro atoms. The van der Waals surface area contributed by atoms with E-state index in [-0.39, 0.29) is 29.9 Å². The van der Waals surface area contributed by atoms with Crippen LogP contribution < -0.4 is 10.6 Å². The summed E-state index contributed by atoms with van der Waals surface area (Å²) in [5, 5.41) is 6.10. The second-order valence-corrected chi connectivity index (χ2v) is 7.45. The fourth-order valence-corrected chi connectivity index (χ4v) is 3.39. The molecule has 0 aromatic heterocycles. The van der Waals surface area contributed by atoms with Gasteiger partial charge in [-0.2, -0.15) is 0 Å². The summed E-state index contributed by atoms with van der Waals surface area (Å²) in [7, 11) is 1.66. The van der Waals surface area contributed by atoms with Crippen molar-refractivity contribution in [3.8, 4) is 0 Å². The highest BCUT2D eigenvalue weighted by Crippen LogP contribution is 2.08. The second kappa shape index (κ2) is 13.0. The molecule has 1 aromatic carbocycles. The van der Waals surface area contributed by atoms with Crippen molar-refractivity contribution in [2.75, 3.05) is 52.9 Å². The number of piperazine rings is 1. The van der Waals surface area contributed by atoms with Crippen molar-refractivity contribution in [3.05, 3.63) is 35.4 Å². The molecule has 1 amide bonds. The summed E-state index contributed by atoms with van der Waals surface area (Å²) >= 11 is 0. The maximum Gasteiger partial charge on any atom is 0.251 e. The Labute approximate surface area is 187 Å². The number of amides is 1. The maximum atomic E-state index is 11.8. The van der Waals surface area contributed by atoms with Crippen LogP contribution in [-0.4, -0.2) is 74.5 Å². The number of aliphatic imine (C=N–C) groups is 1. The lowest BCUT2D eigenvalue weighted by atomic mass is 10.1. The zero-order valence-corrected chi connectivity index (χ0v) is 20.0. The molecule has 1 saturated heterocycles. The van der Waals surface area contributed by atoms with Gasteiger partial charge in [0.05, 0.1) is 0 Å². The molecule has 0 unspecified atom stereocenters. The highest BCUT2D eigenvalue weighted by atomic mass is 127. The molecule has 1 aliphatic rings. The van der Waals surface area contributed by atoms with E-state index < -0.39 is 0 Å². The number of hydrogen-bond acceptors (Lipinski definition) is 3. The Morgan fingerprint density at radius 3 is 2.54 bits per heavy atom. The minimum atomic E-state index is -0.0482. The van der Waals surface area contributed by atoms with E-state index in [4.69, 9.17) is 4.99 Å². The average molecular weight is 501 g/mol. The average Bonchev–Trinajstić information content (AvgIpc) is 2.67. The Bertz CT molecular complexity index is 627. The lowest BCUT2D eigenvalue weighted by Crippen LogP contribution is -2.53. The van der Waals surface area contributed by atoms with Crippen LogP contribution in [0.25, 0.3) is 0 Å². The van der Waals surface area contributed by atoms with E-state index >= 15 is 0 Å². The molecule has 28 heavy (non-hydrogen) atoms. The number of nitrogens with zero attached hydrogens (tertiary/aromatic N) is 3. The molecule has 1 aliphatic heterocycles. The fraction of sp³-hybridized carbons (Fsp3) is 0.619. The summed E-state index contributed by atoms with van der Waals surface area (Å²) in [5.74, 6) is 1.67. The van der Waals surface area contributed by atoms with Crippen LogP contribution in [0.4, 0.5) is 0 Å². The largest absolute Gasteiger partial charge is 0.357 e. The molecule has 1 fully saturated rings. The Hall–Kier alpha value is -1.35. The quantitative estimate of drug-likeness (QED) is 0.343. The predicted octanol–water partition coefficient (Wildman–Crippen LogP) is 2.45. The lowest BCUT2D eigenvalue weighted by molar-refractivity contribution is 0.0963. The van der Waals surface area contributed by atoms with Gasteiger partial charge >= 0.3 is 0 Å². The summed E-state index contributed by atoms with van der Waals surface area (Å²) in [5.41, 5.74) is 1.84. The van der Waals surface area contributed by atoms with E-state index in [1.54, 1.807) is 7.05 Å². The molecule has 0 saturated carbocycles. The van der Waals surface area contributed by atoms with Gasteiger partial charge in [0.25, 0.3) is 5.91 Å². The number of halogens is 1. The molecule has 1 heterocycles. The van der Waals surface area contributed by atoms with Gasteiger partial charge in [0.15, 0.2) is 5.96 Å².